The van der Waals surface area contributed by atoms with Crippen LogP contribution in [0.25, 0.3) is 10.6 Å². The summed E-state index contributed by atoms with van der Waals surface area (Å²) in [6.45, 7) is 2.36. The highest BCUT2D eigenvalue weighted by molar-refractivity contribution is 7.13. The van der Waals surface area contributed by atoms with Crippen molar-refractivity contribution in [2.24, 2.45) is 0 Å². The summed E-state index contributed by atoms with van der Waals surface area (Å²) < 4.78 is 15.7. The molecule has 0 fully saturated rings. The number of benzene rings is 1. The number of hydrogen-bond donors (Lipinski definition) is 0. The van der Waals surface area contributed by atoms with Gasteiger partial charge < -0.3 is 0 Å². The zero-order valence-corrected chi connectivity index (χ0v) is 13.0. The predicted molar refractivity (Wildman–Crippen MR) is 83.1 cm³/mol. The van der Waals surface area contributed by atoms with Crippen LogP contribution in [0, 0.1) is 12.7 Å². The van der Waals surface area contributed by atoms with Gasteiger partial charge in [-0.25, -0.2) is 9.37 Å². The lowest BCUT2D eigenvalue weighted by Crippen LogP contribution is -2.02. The standard InChI is InChI=1S/C15H13ClFN3S/c1-10-6-18-20(7-10)8-12-4-11(2-3-14(12)17)15-19-13(5-16)9-21-15/h2-4,6-7,9H,5,8H2,1H3. The molecule has 6 heteroatoms. The molecule has 0 aliphatic rings. The molecular formula is C15H13ClFN3S. The minimum Gasteiger partial charge on any atom is -0.268 e. The molecule has 2 heterocycles. The molecule has 0 aliphatic heterocycles. The zero-order valence-electron chi connectivity index (χ0n) is 11.4. The first-order valence-corrected chi connectivity index (χ1v) is 7.85. The number of thiazole rings is 1. The van der Waals surface area contributed by atoms with Crippen LogP contribution in [0.2, 0.25) is 0 Å². The van der Waals surface area contributed by atoms with Crippen molar-refractivity contribution in [3.63, 3.8) is 0 Å². The molecule has 0 atom stereocenters. The van der Waals surface area contributed by atoms with Gasteiger partial charge in [0.15, 0.2) is 0 Å². The van der Waals surface area contributed by atoms with E-state index in [0.717, 1.165) is 21.8 Å². The van der Waals surface area contributed by atoms with E-state index in [2.05, 4.69) is 10.1 Å². The maximum atomic E-state index is 14.0. The van der Waals surface area contributed by atoms with Gasteiger partial charge in [-0.15, -0.1) is 22.9 Å². The summed E-state index contributed by atoms with van der Waals surface area (Å²) in [6.07, 6.45) is 3.65. The molecule has 108 valence electrons. The highest BCUT2D eigenvalue weighted by Crippen LogP contribution is 2.26. The van der Waals surface area contributed by atoms with Gasteiger partial charge >= 0.3 is 0 Å². The van der Waals surface area contributed by atoms with Gasteiger partial charge in [0.1, 0.15) is 10.8 Å². The molecule has 0 radical (unpaired) electrons. The van der Waals surface area contributed by atoms with Crippen LogP contribution in [0.15, 0.2) is 36.0 Å². The summed E-state index contributed by atoms with van der Waals surface area (Å²) in [5, 5.41) is 6.96. The third-order valence-electron chi connectivity index (χ3n) is 3.08. The Morgan fingerprint density at radius 1 is 1.38 bits per heavy atom. The molecule has 0 saturated carbocycles. The quantitative estimate of drug-likeness (QED) is 0.673. The van der Waals surface area contributed by atoms with Crippen molar-refractivity contribution in [1.82, 2.24) is 14.8 Å². The van der Waals surface area contributed by atoms with Gasteiger partial charge in [-0.05, 0) is 30.7 Å². The maximum Gasteiger partial charge on any atom is 0.128 e. The number of rotatable bonds is 4. The second kappa shape index (κ2) is 5.95. The maximum absolute atomic E-state index is 14.0. The lowest BCUT2D eigenvalue weighted by atomic mass is 10.1. The molecule has 2 aromatic heterocycles. The summed E-state index contributed by atoms with van der Waals surface area (Å²) in [6, 6.07) is 5.04. The molecule has 1 aromatic carbocycles. The average molecular weight is 322 g/mol. The molecule has 0 saturated heterocycles. The summed E-state index contributed by atoms with van der Waals surface area (Å²) in [7, 11) is 0. The first-order chi connectivity index (χ1) is 10.2. The van der Waals surface area contributed by atoms with Crippen LogP contribution in [-0.2, 0) is 12.4 Å². The Hall–Kier alpha value is -1.72. The largest absolute Gasteiger partial charge is 0.268 e. The Morgan fingerprint density at radius 2 is 2.24 bits per heavy atom. The summed E-state index contributed by atoms with van der Waals surface area (Å²) >= 11 is 7.28. The molecule has 0 N–H and O–H groups in total. The monoisotopic (exact) mass is 321 g/mol. The highest BCUT2D eigenvalue weighted by atomic mass is 35.5. The fourth-order valence-electron chi connectivity index (χ4n) is 2.06. The first kappa shape index (κ1) is 14.2. The summed E-state index contributed by atoms with van der Waals surface area (Å²) in [5.41, 5.74) is 3.39. The van der Waals surface area contributed by atoms with Crippen molar-refractivity contribution in [2.45, 2.75) is 19.3 Å². The predicted octanol–water partition coefficient (Wildman–Crippen LogP) is 4.24. The van der Waals surface area contributed by atoms with E-state index in [4.69, 9.17) is 11.6 Å². The van der Waals surface area contributed by atoms with Crippen LogP contribution >= 0.6 is 22.9 Å². The van der Waals surface area contributed by atoms with Gasteiger partial charge in [-0.1, -0.05) is 0 Å². The minimum absolute atomic E-state index is 0.235. The highest BCUT2D eigenvalue weighted by Gasteiger charge is 2.09. The van der Waals surface area contributed by atoms with E-state index in [0.29, 0.717) is 18.0 Å². The van der Waals surface area contributed by atoms with Gasteiger partial charge in [0.05, 0.1) is 24.3 Å². The van der Waals surface area contributed by atoms with Gasteiger partial charge in [0.2, 0.25) is 0 Å². The molecule has 3 aromatic rings. The first-order valence-electron chi connectivity index (χ1n) is 6.44. The normalized spacial score (nSPS) is 11.0. The Balaban J connectivity index is 1.92. The molecule has 0 bridgehead atoms. The smallest absolute Gasteiger partial charge is 0.128 e. The number of hydrogen-bond acceptors (Lipinski definition) is 3. The minimum atomic E-state index is -0.235. The van der Waals surface area contributed by atoms with E-state index < -0.39 is 0 Å². The van der Waals surface area contributed by atoms with Crippen LogP contribution in [0.3, 0.4) is 0 Å². The molecule has 0 spiro atoms. The van der Waals surface area contributed by atoms with Crippen LogP contribution in [-0.4, -0.2) is 14.8 Å². The van der Waals surface area contributed by atoms with Crippen LogP contribution < -0.4 is 0 Å². The third-order valence-corrected chi connectivity index (χ3v) is 4.29. The summed E-state index contributed by atoms with van der Waals surface area (Å²) in [5.74, 6) is 0.151. The molecule has 0 aliphatic carbocycles. The zero-order chi connectivity index (χ0) is 14.8. The van der Waals surface area contributed by atoms with E-state index >= 15 is 0 Å². The fourth-order valence-corrected chi connectivity index (χ4v) is 3.10. The second-order valence-corrected chi connectivity index (χ2v) is 5.92. The Bertz CT molecular complexity index is 766. The SMILES string of the molecule is Cc1cnn(Cc2cc(-c3nc(CCl)cs3)ccc2F)c1. The second-order valence-electron chi connectivity index (χ2n) is 4.80. The number of aryl methyl sites for hydroxylation is 1. The van der Waals surface area contributed by atoms with Crippen molar-refractivity contribution >= 4 is 22.9 Å². The van der Waals surface area contributed by atoms with E-state index in [1.54, 1.807) is 16.9 Å². The topological polar surface area (TPSA) is 30.7 Å². The molecule has 3 rings (SSSR count). The number of nitrogens with zero attached hydrogens (tertiary/aromatic N) is 3. The molecular weight excluding hydrogens is 309 g/mol. The van der Waals surface area contributed by atoms with Gasteiger partial charge in [-0.2, -0.15) is 5.10 Å². The van der Waals surface area contributed by atoms with Crippen LogP contribution in [0.5, 0.6) is 0 Å². The number of halogens is 2. The van der Waals surface area contributed by atoms with Crippen molar-refractivity contribution in [2.75, 3.05) is 0 Å². The lowest BCUT2D eigenvalue weighted by Gasteiger charge is -2.06. The molecule has 0 amide bonds. The van der Waals surface area contributed by atoms with E-state index in [9.17, 15) is 4.39 Å². The van der Waals surface area contributed by atoms with E-state index in [1.807, 2.05) is 24.6 Å². The molecule has 0 unspecified atom stereocenters. The number of aromatic nitrogens is 3. The molecule has 3 nitrogen and oxygen atoms in total. The van der Waals surface area contributed by atoms with Crippen molar-refractivity contribution in [3.05, 3.63) is 58.6 Å². The van der Waals surface area contributed by atoms with Crippen LogP contribution in [0.1, 0.15) is 16.8 Å². The van der Waals surface area contributed by atoms with Crippen molar-refractivity contribution in [1.29, 1.82) is 0 Å². The Morgan fingerprint density at radius 3 is 2.90 bits per heavy atom. The Kier molecular flexibility index (Phi) is 4.03. The lowest BCUT2D eigenvalue weighted by molar-refractivity contribution is 0.585. The van der Waals surface area contributed by atoms with Crippen molar-refractivity contribution < 1.29 is 4.39 Å². The third kappa shape index (κ3) is 3.14. The average Bonchev–Trinajstić information content (AvgIpc) is 3.10. The van der Waals surface area contributed by atoms with Crippen LogP contribution in [0.4, 0.5) is 4.39 Å². The number of alkyl halides is 1. The van der Waals surface area contributed by atoms with E-state index in [-0.39, 0.29) is 5.82 Å². The Labute approximate surface area is 131 Å². The van der Waals surface area contributed by atoms with Gasteiger partial charge in [0.25, 0.3) is 0 Å². The van der Waals surface area contributed by atoms with E-state index in [1.165, 1.54) is 17.4 Å². The summed E-state index contributed by atoms with van der Waals surface area (Å²) in [4.78, 5) is 4.42. The van der Waals surface area contributed by atoms with Gasteiger partial charge in [-0.3, -0.25) is 4.68 Å². The van der Waals surface area contributed by atoms with Gasteiger partial charge in [0, 0.05) is 22.7 Å². The fraction of sp³-hybridized carbons (Fsp3) is 0.200. The van der Waals surface area contributed by atoms with Crippen molar-refractivity contribution in [3.8, 4) is 10.6 Å². The molecule has 21 heavy (non-hydrogen) atoms.